The molecule has 2 aromatic heterocycles. The number of hydrogen-bond donors (Lipinski definition) is 2. The fourth-order valence-corrected chi connectivity index (χ4v) is 2.55. The average Bonchev–Trinajstić information content (AvgIpc) is 3.27. The molecular weight excluding hydrogens is 354 g/mol. The molecule has 2 N–H and O–H groups in total. The van der Waals surface area contributed by atoms with E-state index in [1.165, 1.54) is 6.26 Å². The molecule has 0 spiro atoms. The summed E-state index contributed by atoms with van der Waals surface area (Å²) in [6.45, 7) is 0. The van der Waals surface area contributed by atoms with E-state index >= 15 is 0 Å². The fourth-order valence-electron chi connectivity index (χ4n) is 2.55. The van der Waals surface area contributed by atoms with Crippen molar-refractivity contribution in [2.24, 2.45) is 0 Å². The van der Waals surface area contributed by atoms with E-state index in [-0.39, 0.29) is 11.7 Å². The Morgan fingerprint density at radius 3 is 2.46 bits per heavy atom. The fraction of sp³-hybridized carbons (Fsp3) is 0. The molecule has 0 unspecified atom stereocenters. The summed E-state index contributed by atoms with van der Waals surface area (Å²) < 4.78 is 11.0. The topological polar surface area (TPSA) is 76.4 Å². The van der Waals surface area contributed by atoms with E-state index in [1.807, 2.05) is 54.6 Å². The second-order valence-corrected chi connectivity index (χ2v) is 5.90. The zero-order valence-corrected chi connectivity index (χ0v) is 14.8. The predicted octanol–water partition coefficient (Wildman–Crippen LogP) is 5.46. The SMILES string of the molecule is O=C(Nc1ccc(Nc2ccccc2Oc2ccccc2)nc1)c1ccco1. The zero-order valence-electron chi connectivity index (χ0n) is 14.8. The van der Waals surface area contributed by atoms with Crippen LogP contribution in [0.3, 0.4) is 0 Å². The second-order valence-electron chi connectivity index (χ2n) is 5.90. The second kappa shape index (κ2) is 8.09. The molecule has 0 bridgehead atoms. The standard InChI is InChI=1S/C22H17N3O3/c26-22(20-11-6-14-27-20)24-16-12-13-21(23-15-16)25-18-9-4-5-10-19(18)28-17-7-2-1-3-8-17/h1-15H,(H,23,25)(H,24,26). The molecule has 0 radical (unpaired) electrons. The van der Waals surface area contributed by atoms with Crippen LogP contribution in [0.5, 0.6) is 11.5 Å². The Hall–Kier alpha value is -4.06. The third-order valence-electron chi connectivity index (χ3n) is 3.89. The van der Waals surface area contributed by atoms with E-state index in [4.69, 9.17) is 9.15 Å². The first-order chi connectivity index (χ1) is 13.8. The van der Waals surface area contributed by atoms with Crippen molar-refractivity contribution in [2.45, 2.75) is 0 Å². The van der Waals surface area contributed by atoms with Crippen LogP contribution < -0.4 is 15.4 Å². The maximum atomic E-state index is 12.0. The van der Waals surface area contributed by atoms with Gasteiger partial charge in [-0.3, -0.25) is 4.79 Å². The maximum Gasteiger partial charge on any atom is 0.291 e. The van der Waals surface area contributed by atoms with Crippen LogP contribution in [0.15, 0.2) is 95.7 Å². The molecule has 1 amide bonds. The van der Waals surface area contributed by atoms with Gasteiger partial charge < -0.3 is 19.8 Å². The number of aromatic nitrogens is 1. The Kier molecular flexibility index (Phi) is 5.02. The summed E-state index contributed by atoms with van der Waals surface area (Å²) in [6, 6.07) is 24.0. The van der Waals surface area contributed by atoms with Crippen LogP contribution in [0.25, 0.3) is 0 Å². The smallest absolute Gasteiger partial charge is 0.291 e. The molecule has 0 saturated heterocycles. The van der Waals surface area contributed by atoms with E-state index in [0.717, 1.165) is 11.4 Å². The van der Waals surface area contributed by atoms with Crippen LogP contribution in [0.1, 0.15) is 10.6 Å². The molecule has 4 rings (SSSR count). The first-order valence-corrected chi connectivity index (χ1v) is 8.68. The molecule has 2 aromatic carbocycles. The molecule has 2 heterocycles. The van der Waals surface area contributed by atoms with Crippen molar-refractivity contribution in [3.63, 3.8) is 0 Å². The van der Waals surface area contributed by atoms with Crippen molar-refractivity contribution in [1.29, 1.82) is 0 Å². The summed E-state index contributed by atoms with van der Waals surface area (Å²) in [7, 11) is 0. The molecule has 0 aliphatic carbocycles. The van der Waals surface area contributed by atoms with Crippen LogP contribution in [0.2, 0.25) is 0 Å². The lowest BCUT2D eigenvalue weighted by Gasteiger charge is -2.13. The van der Waals surface area contributed by atoms with E-state index in [0.29, 0.717) is 17.3 Å². The lowest BCUT2D eigenvalue weighted by atomic mass is 10.2. The largest absolute Gasteiger partial charge is 0.459 e. The van der Waals surface area contributed by atoms with Gasteiger partial charge in [0.1, 0.15) is 11.6 Å². The monoisotopic (exact) mass is 371 g/mol. The average molecular weight is 371 g/mol. The molecule has 4 aromatic rings. The maximum absolute atomic E-state index is 12.0. The molecule has 0 aliphatic heterocycles. The van der Waals surface area contributed by atoms with E-state index in [9.17, 15) is 4.79 Å². The third kappa shape index (κ3) is 4.19. The third-order valence-corrected chi connectivity index (χ3v) is 3.89. The number of anilines is 3. The van der Waals surface area contributed by atoms with Crippen molar-refractivity contribution in [2.75, 3.05) is 10.6 Å². The number of rotatable bonds is 6. The highest BCUT2D eigenvalue weighted by Crippen LogP contribution is 2.31. The number of para-hydroxylation sites is 3. The van der Waals surface area contributed by atoms with Crippen molar-refractivity contribution in [3.8, 4) is 11.5 Å². The summed E-state index contributed by atoms with van der Waals surface area (Å²) in [5, 5.41) is 5.97. The summed E-state index contributed by atoms with van der Waals surface area (Å²) in [6.07, 6.45) is 3.03. The summed E-state index contributed by atoms with van der Waals surface area (Å²) >= 11 is 0. The molecule has 0 atom stereocenters. The number of benzene rings is 2. The molecule has 6 nitrogen and oxygen atoms in total. The number of carbonyl (C=O) groups is 1. The van der Waals surface area contributed by atoms with Crippen LogP contribution in [0.4, 0.5) is 17.2 Å². The van der Waals surface area contributed by atoms with Gasteiger partial charge in [0.2, 0.25) is 0 Å². The van der Waals surface area contributed by atoms with Gasteiger partial charge in [0.25, 0.3) is 5.91 Å². The van der Waals surface area contributed by atoms with Crippen molar-refractivity contribution in [3.05, 3.63) is 97.1 Å². The van der Waals surface area contributed by atoms with Gasteiger partial charge in [0, 0.05) is 0 Å². The van der Waals surface area contributed by atoms with Crippen LogP contribution in [0, 0.1) is 0 Å². The number of ether oxygens (including phenoxy) is 1. The number of nitrogens with zero attached hydrogens (tertiary/aromatic N) is 1. The van der Waals surface area contributed by atoms with Gasteiger partial charge in [-0.1, -0.05) is 30.3 Å². The number of amides is 1. The summed E-state index contributed by atoms with van der Waals surface area (Å²) in [5.41, 5.74) is 1.35. The number of nitrogens with one attached hydrogen (secondary N) is 2. The van der Waals surface area contributed by atoms with E-state index < -0.39 is 0 Å². The Bertz CT molecular complexity index is 1050. The number of furan rings is 1. The lowest BCUT2D eigenvalue weighted by molar-refractivity contribution is 0.0996. The minimum Gasteiger partial charge on any atom is -0.459 e. The minimum absolute atomic E-state index is 0.245. The van der Waals surface area contributed by atoms with Gasteiger partial charge in [-0.15, -0.1) is 0 Å². The van der Waals surface area contributed by atoms with Crippen LogP contribution in [-0.2, 0) is 0 Å². The molecule has 6 heteroatoms. The molecular formula is C22H17N3O3. The van der Waals surface area contributed by atoms with Gasteiger partial charge >= 0.3 is 0 Å². The summed E-state index contributed by atoms with van der Waals surface area (Å²) in [4.78, 5) is 16.3. The molecule has 28 heavy (non-hydrogen) atoms. The highest BCUT2D eigenvalue weighted by Gasteiger charge is 2.09. The number of hydrogen-bond acceptors (Lipinski definition) is 5. The lowest BCUT2D eigenvalue weighted by Crippen LogP contribution is -2.11. The van der Waals surface area contributed by atoms with Crippen molar-refractivity contribution >= 4 is 23.1 Å². The Morgan fingerprint density at radius 2 is 1.71 bits per heavy atom. The van der Waals surface area contributed by atoms with Crippen molar-refractivity contribution < 1.29 is 13.9 Å². The summed E-state index contributed by atoms with van der Waals surface area (Å²) in [5.74, 6) is 1.98. The first-order valence-electron chi connectivity index (χ1n) is 8.68. The van der Waals surface area contributed by atoms with Gasteiger partial charge in [-0.05, 0) is 48.5 Å². The Balaban J connectivity index is 1.45. The van der Waals surface area contributed by atoms with Crippen molar-refractivity contribution in [1.82, 2.24) is 4.98 Å². The molecule has 138 valence electrons. The van der Waals surface area contributed by atoms with Gasteiger partial charge in [-0.25, -0.2) is 4.98 Å². The van der Waals surface area contributed by atoms with E-state index in [2.05, 4.69) is 15.6 Å². The molecule has 0 fully saturated rings. The number of carbonyl (C=O) groups excluding carboxylic acids is 1. The molecule has 0 saturated carbocycles. The Morgan fingerprint density at radius 1 is 0.893 bits per heavy atom. The first kappa shape index (κ1) is 17.4. The zero-order chi connectivity index (χ0) is 19.2. The van der Waals surface area contributed by atoms with Gasteiger partial charge in [0.05, 0.1) is 23.8 Å². The van der Waals surface area contributed by atoms with Crippen LogP contribution >= 0.6 is 0 Å². The highest BCUT2D eigenvalue weighted by atomic mass is 16.5. The normalized spacial score (nSPS) is 10.3. The number of pyridine rings is 1. The Labute approximate surface area is 161 Å². The van der Waals surface area contributed by atoms with Crippen LogP contribution in [-0.4, -0.2) is 10.9 Å². The van der Waals surface area contributed by atoms with Gasteiger partial charge in [-0.2, -0.15) is 0 Å². The van der Waals surface area contributed by atoms with Gasteiger partial charge in [0.15, 0.2) is 11.5 Å². The quantitative estimate of drug-likeness (QED) is 0.470. The predicted molar refractivity (Wildman–Crippen MR) is 107 cm³/mol. The minimum atomic E-state index is -0.325. The highest BCUT2D eigenvalue weighted by molar-refractivity contribution is 6.02. The van der Waals surface area contributed by atoms with E-state index in [1.54, 1.807) is 30.5 Å². The molecule has 0 aliphatic rings.